The first-order chi connectivity index (χ1) is 10.3. The lowest BCUT2D eigenvalue weighted by atomic mass is 10.0. The summed E-state index contributed by atoms with van der Waals surface area (Å²) < 4.78 is 39.2. The molecule has 0 radical (unpaired) electrons. The van der Waals surface area contributed by atoms with E-state index in [4.69, 9.17) is 10.3 Å². The van der Waals surface area contributed by atoms with Crippen LogP contribution in [0.25, 0.3) is 0 Å². The molecule has 13 heteroatoms. The number of hydrogen-bond acceptors (Lipinski definition) is 8. The lowest BCUT2D eigenvalue weighted by Crippen LogP contribution is -2.35. The smallest absolute Gasteiger partial charge is 0.361 e. The van der Waals surface area contributed by atoms with Gasteiger partial charge < -0.3 is 15.2 Å². The highest BCUT2D eigenvalue weighted by atomic mass is 32.3. The Morgan fingerprint density at radius 1 is 1.45 bits per heavy atom. The molecule has 2 saturated heterocycles. The lowest BCUT2D eigenvalue weighted by Gasteiger charge is -2.27. The number of nitrogens with zero attached hydrogens (tertiary/aromatic N) is 4. The third-order valence-electron chi connectivity index (χ3n) is 3.45. The van der Waals surface area contributed by atoms with Crippen molar-refractivity contribution in [1.82, 2.24) is 20.1 Å². The van der Waals surface area contributed by atoms with E-state index in [2.05, 4.69) is 18.9 Å². The van der Waals surface area contributed by atoms with Crippen LogP contribution in [-0.2, 0) is 14.7 Å². The van der Waals surface area contributed by atoms with Crippen molar-refractivity contribution in [2.75, 3.05) is 6.54 Å². The fourth-order valence-electron chi connectivity index (χ4n) is 2.57. The fourth-order valence-corrected chi connectivity index (χ4v) is 2.96. The zero-order valence-electron chi connectivity index (χ0n) is 10.9. The van der Waals surface area contributed by atoms with Crippen LogP contribution in [0, 0.1) is 0 Å². The molecule has 3 amide bonds. The Labute approximate surface area is 123 Å². The quantitative estimate of drug-likeness (QED) is 0.645. The molecule has 1 aromatic heterocycles. The van der Waals surface area contributed by atoms with Crippen LogP contribution in [-0.4, -0.2) is 57.6 Å². The number of piperidine rings is 1. The number of urea groups is 1. The van der Waals surface area contributed by atoms with Crippen LogP contribution in [0.15, 0.2) is 4.52 Å². The lowest BCUT2D eigenvalue weighted by molar-refractivity contribution is -0.0317. The fraction of sp³-hybridized carbons (Fsp3) is 0.556. The molecule has 0 aliphatic carbocycles. The van der Waals surface area contributed by atoms with E-state index in [0.29, 0.717) is 17.9 Å². The molecule has 2 aliphatic heterocycles. The van der Waals surface area contributed by atoms with Crippen LogP contribution in [0.4, 0.5) is 4.79 Å². The first-order valence-corrected chi connectivity index (χ1v) is 7.53. The minimum atomic E-state index is -4.80. The molecule has 0 aromatic carbocycles. The van der Waals surface area contributed by atoms with Crippen molar-refractivity contribution in [3.8, 4) is 0 Å². The predicted octanol–water partition coefficient (Wildman–Crippen LogP) is -1.16. The number of carbonyl (C=O) groups is 2. The Balaban J connectivity index is 1.83. The monoisotopic (exact) mass is 333 g/mol. The summed E-state index contributed by atoms with van der Waals surface area (Å²) in [5, 5.41) is 4.21. The number of aromatic nitrogens is 2. The highest BCUT2D eigenvalue weighted by molar-refractivity contribution is 7.80. The van der Waals surface area contributed by atoms with Gasteiger partial charge in [0, 0.05) is 6.54 Å². The van der Waals surface area contributed by atoms with Crippen LogP contribution >= 0.6 is 0 Å². The van der Waals surface area contributed by atoms with Gasteiger partial charge in [0.05, 0.1) is 12.1 Å². The Bertz CT molecular complexity index is 730. The van der Waals surface area contributed by atoms with Gasteiger partial charge in [-0.05, 0) is 12.8 Å². The molecule has 120 valence electrons. The van der Waals surface area contributed by atoms with E-state index in [1.807, 2.05) is 0 Å². The molecule has 1 unspecified atom stereocenters. The molecule has 3 rings (SSSR count). The second kappa shape index (κ2) is 4.89. The van der Waals surface area contributed by atoms with E-state index in [9.17, 15) is 18.0 Å². The summed E-state index contributed by atoms with van der Waals surface area (Å²) in [5.41, 5.74) is 5.01. The molecule has 3 heterocycles. The normalized spacial score (nSPS) is 24.9. The number of hydroxylamine groups is 2. The molecule has 0 saturated carbocycles. The Morgan fingerprint density at radius 2 is 2.18 bits per heavy atom. The zero-order chi connectivity index (χ0) is 16.1. The molecule has 1 aromatic rings. The van der Waals surface area contributed by atoms with Crippen molar-refractivity contribution in [1.29, 1.82) is 0 Å². The predicted molar refractivity (Wildman–Crippen MR) is 65.2 cm³/mol. The molecular weight excluding hydrogens is 322 g/mol. The average molecular weight is 333 g/mol. The van der Waals surface area contributed by atoms with Gasteiger partial charge >= 0.3 is 28.2 Å². The number of nitrogens with two attached hydrogens (primary N) is 1. The number of primary amides is 1. The van der Waals surface area contributed by atoms with E-state index >= 15 is 0 Å². The topological polar surface area (TPSA) is 169 Å². The molecule has 12 nitrogen and oxygen atoms in total. The maximum Gasteiger partial charge on any atom is 0.418 e. The van der Waals surface area contributed by atoms with E-state index in [-0.39, 0.29) is 18.3 Å². The van der Waals surface area contributed by atoms with E-state index in [0.717, 1.165) is 0 Å². The van der Waals surface area contributed by atoms with E-state index in [1.165, 1.54) is 4.90 Å². The number of amides is 3. The Hall–Kier alpha value is -2.25. The third kappa shape index (κ3) is 2.49. The Kier molecular flexibility index (Phi) is 3.26. The van der Waals surface area contributed by atoms with Crippen molar-refractivity contribution >= 4 is 22.3 Å². The molecule has 2 bridgehead atoms. The number of carbonyl (C=O) groups excluding carboxylic acids is 2. The van der Waals surface area contributed by atoms with Crippen LogP contribution in [0.2, 0.25) is 0 Å². The number of rotatable bonds is 4. The maximum atomic E-state index is 12.2. The summed E-state index contributed by atoms with van der Waals surface area (Å²) in [6, 6.07) is -1.88. The second-order valence-corrected chi connectivity index (χ2v) is 5.84. The van der Waals surface area contributed by atoms with Crippen molar-refractivity contribution in [3.05, 3.63) is 11.7 Å². The number of fused-ring (bicyclic) bond motifs is 2. The SMILES string of the molecule is NC(=O)c1nc([C@@H]2CCC3CN2C(=O)N3OS(=O)(=O)O)no1. The van der Waals surface area contributed by atoms with Crippen molar-refractivity contribution in [3.63, 3.8) is 0 Å². The van der Waals surface area contributed by atoms with Gasteiger partial charge in [-0.2, -0.15) is 18.5 Å². The molecule has 3 N–H and O–H groups in total. The highest BCUT2D eigenvalue weighted by Gasteiger charge is 2.48. The van der Waals surface area contributed by atoms with Gasteiger partial charge in [-0.1, -0.05) is 5.16 Å². The van der Waals surface area contributed by atoms with Gasteiger partial charge in [0.25, 0.3) is 0 Å². The van der Waals surface area contributed by atoms with Crippen LogP contribution in [0.1, 0.15) is 35.4 Å². The number of hydrogen-bond donors (Lipinski definition) is 2. The zero-order valence-corrected chi connectivity index (χ0v) is 11.8. The standard InChI is InChI=1S/C9H11N5O7S/c10-6(15)8-11-7(12-20-8)5-2-1-4-3-13(5)9(16)14(4)21-22(17,18)19/h4-5H,1-3H2,(H2,10,15)(H,17,18,19)/t4?,5-/m0/s1. The van der Waals surface area contributed by atoms with Crippen LogP contribution in [0.5, 0.6) is 0 Å². The minimum Gasteiger partial charge on any atom is -0.361 e. The van der Waals surface area contributed by atoms with E-state index in [1.54, 1.807) is 0 Å². The van der Waals surface area contributed by atoms with Gasteiger partial charge in [-0.3, -0.25) is 9.35 Å². The molecule has 0 spiro atoms. The summed E-state index contributed by atoms with van der Waals surface area (Å²) >= 11 is 0. The second-order valence-electron chi connectivity index (χ2n) is 4.83. The summed E-state index contributed by atoms with van der Waals surface area (Å²) in [7, 11) is -4.80. The molecule has 2 fully saturated rings. The summed E-state index contributed by atoms with van der Waals surface area (Å²) in [6.07, 6.45) is 0.794. The summed E-state index contributed by atoms with van der Waals surface area (Å²) in [5.74, 6) is -1.18. The molecule has 2 atom stereocenters. The van der Waals surface area contributed by atoms with Crippen LogP contribution in [0.3, 0.4) is 0 Å². The van der Waals surface area contributed by atoms with Crippen molar-refractivity contribution < 1.29 is 31.4 Å². The van der Waals surface area contributed by atoms with Gasteiger partial charge in [-0.15, -0.1) is 4.28 Å². The van der Waals surface area contributed by atoms with Gasteiger partial charge in [-0.25, -0.2) is 4.79 Å². The van der Waals surface area contributed by atoms with Gasteiger partial charge in [0.1, 0.15) is 0 Å². The largest absolute Gasteiger partial charge is 0.418 e. The third-order valence-corrected chi connectivity index (χ3v) is 3.80. The highest BCUT2D eigenvalue weighted by Crippen LogP contribution is 2.37. The summed E-state index contributed by atoms with van der Waals surface area (Å²) in [4.78, 5) is 28.2. The van der Waals surface area contributed by atoms with Gasteiger partial charge in [0.15, 0.2) is 5.82 Å². The van der Waals surface area contributed by atoms with Crippen LogP contribution < -0.4 is 5.73 Å². The van der Waals surface area contributed by atoms with Gasteiger partial charge in [0.2, 0.25) is 0 Å². The Morgan fingerprint density at radius 3 is 2.77 bits per heavy atom. The minimum absolute atomic E-state index is 0.0919. The molecule has 22 heavy (non-hydrogen) atoms. The van der Waals surface area contributed by atoms with E-state index < -0.39 is 34.4 Å². The van der Waals surface area contributed by atoms with Crippen molar-refractivity contribution in [2.45, 2.75) is 24.9 Å². The molecule has 2 aliphatic rings. The first kappa shape index (κ1) is 14.7. The summed E-state index contributed by atoms with van der Waals surface area (Å²) in [6.45, 7) is 0.166. The molecular formula is C9H11N5O7S. The average Bonchev–Trinajstić information content (AvgIpc) is 2.99. The first-order valence-electron chi connectivity index (χ1n) is 6.16. The van der Waals surface area contributed by atoms with Crippen molar-refractivity contribution in [2.24, 2.45) is 5.73 Å². The maximum absolute atomic E-state index is 12.2.